The zero-order chi connectivity index (χ0) is 20.1. The van der Waals surface area contributed by atoms with Crippen molar-refractivity contribution in [1.29, 1.82) is 0 Å². The van der Waals surface area contributed by atoms with Gasteiger partial charge in [0.05, 0.1) is 18.8 Å². The lowest BCUT2D eigenvalue weighted by molar-refractivity contribution is -0.0992. The van der Waals surface area contributed by atoms with E-state index in [1.54, 1.807) is 6.08 Å². The number of aliphatic hydroxyl groups is 2. The second kappa shape index (κ2) is 9.44. The smallest absolute Gasteiger partial charge is 0.276 e. The van der Waals surface area contributed by atoms with Gasteiger partial charge < -0.3 is 19.7 Å². The summed E-state index contributed by atoms with van der Waals surface area (Å²) in [4.78, 5) is 0. The van der Waals surface area contributed by atoms with E-state index in [1.165, 1.54) is 6.08 Å². The first-order valence-corrected chi connectivity index (χ1v) is 10.1. The number of unbranched alkanes of at least 4 members (excludes halogenated alkanes) is 1. The van der Waals surface area contributed by atoms with Crippen LogP contribution in [-0.4, -0.2) is 40.7 Å². The van der Waals surface area contributed by atoms with Gasteiger partial charge in [-0.15, -0.1) is 0 Å². The molecule has 1 aromatic carbocycles. The third-order valence-electron chi connectivity index (χ3n) is 5.79. The zero-order valence-corrected chi connectivity index (χ0v) is 16.2. The van der Waals surface area contributed by atoms with Crippen LogP contribution in [0.5, 0.6) is 0 Å². The first-order valence-electron chi connectivity index (χ1n) is 10.1. The van der Waals surface area contributed by atoms with Crippen LogP contribution in [0.3, 0.4) is 0 Å². The Bertz CT molecular complexity index is 637. The van der Waals surface area contributed by atoms with E-state index in [9.17, 15) is 19.0 Å². The first-order chi connectivity index (χ1) is 13.4. The molecule has 1 saturated heterocycles. The van der Waals surface area contributed by atoms with Crippen LogP contribution in [0.25, 0.3) is 0 Å². The second-order valence-corrected chi connectivity index (χ2v) is 7.87. The van der Waals surface area contributed by atoms with Crippen molar-refractivity contribution in [2.45, 2.75) is 76.2 Å². The maximum Gasteiger partial charge on any atom is 0.276 e. The third kappa shape index (κ3) is 5.17. The van der Waals surface area contributed by atoms with Gasteiger partial charge in [-0.3, -0.25) is 0 Å². The lowest BCUT2D eigenvalue weighted by Crippen LogP contribution is -2.32. The minimum Gasteiger partial charge on any atom is -0.383 e. The van der Waals surface area contributed by atoms with Crippen molar-refractivity contribution in [3.8, 4) is 0 Å². The molecule has 0 bridgehead atoms. The monoisotopic (exact) mass is 396 g/mol. The molecular weight excluding hydrogens is 366 g/mol. The number of ether oxygens (including phenoxy) is 2. The summed E-state index contributed by atoms with van der Waals surface area (Å²) in [5, 5.41) is 19.8. The highest BCUT2D eigenvalue weighted by Crippen LogP contribution is 2.45. The molecule has 0 aromatic heterocycles. The summed E-state index contributed by atoms with van der Waals surface area (Å²) in [7, 11) is 0. The van der Waals surface area contributed by atoms with E-state index in [4.69, 9.17) is 9.47 Å². The number of hydrogen-bond donors (Lipinski definition) is 2. The van der Waals surface area contributed by atoms with E-state index in [-0.39, 0.29) is 30.5 Å². The lowest BCUT2D eigenvalue weighted by Gasteiger charge is -2.23. The molecule has 0 amide bonds. The van der Waals surface area contributed by atoms with E-state index < -0.39 is 18.3 Å². The summed E-state index contributed by atoms with van der Waals surface area (Å²) in [6, 6.07) is 9.75. The Morgan fingerprint density at radius 2 is 2.04 bits per heavy atom. The summed E-state index contributed by atoms with van der Waals surface area (Å²) in [5.74, 6) is -3.32. The molecule has 2 aliphatic rings. The summed E-state index contributed by atoms with van der Waals surface area (Å²) >= 11 is 0. The highest BCUT2D eigenvalue weighted by Gasteiger charge is 2.49. The quantitative estimate of drug-likeness (QED) is 0.618. The number of aliphatic hydroxyl groups excluding tert-OH is 2. The molecule has 1 aliphatic carbocycles. The molecular formula is C22H30F2O4. The third-order valence-corrected chi connectivity index (χ3v) is 5.79. The van der Waals surface area contributed by atoms with E-state index in [1.807, 2.05) is 37.3 Å². The fourth-order valence-corrected chi connectivity index (χ4v) is 4.20. The predicted octanol–water partition coefficient (Wildman–Crippen LogP) is 4.06. The van der Waals surface area contributed by atoms with Crippen LogP contribution in [0.2, 0.25) is 0 Å². The Kier molecular flexibility index (Phi) is 7.20. The number of halogens is 2. The SMILES string of the molecule is CCCCC(F)(F)C(O)C=C[C@@H]1[C@H]2CC(O)O[C@H]2C[C@H]1OCc1ccccc1. The van der Waals surface area contributed by atoms with Crippen molar-refractivity contribution in [2.24, 2.45) is 11.8 Å². The largest absolute Gasteiger partial charge is 0.383 e. The van der Waals surface area contributed by atoms with Gasteiger partial charge in [-0.25, -0.2) is 8.78 Å². The van der Waals surface area contributed by atoms with Crippen molar-refractivity contribution >= 4 is 0 Å². The number of hydrogen-bond acceptors (Lipinski definition) is 4. The van der Waals surface area contributed by atoms with Crippen molar-refractivity contribution in [1.82, 2.24) is 0 Å². The molecule has 156 valence electrons. The number of fused-ring (bicyclic) bond motifs is 1. The molecule has 1 aromatic rings. The number of benzene rings is 1. The first kappa shape index (κ1) is 21.4. The Morgan fingerprint density at radius 3 is 2.75 bits per heavy atom. The van der Waals surface area contributed by atoms with Crippen LogP contribution in [-0.2, 0) is 16.1 Å². The maximum atomic E-state index is 14.1. The molecule has 2 unspecified atom stereocenters. The van der Waals surface area contributed by atoms with Crippen molar-refractivity contribution in [3.05, 3.63) is 48.0 Å². The molecule has 1 heterocycles. The van der Waals surface area contributed by atoms with Gasteiger partial charge in [-0.2, -0.15) is 0 Å². The molecule has 3 rings (SSSR count). The summed E-state index contributed by atoms with van der Waals surface area (Å²) in [6.45, 7) is 2.27. The maximum absolute atomic E-state index is 14.1. The van der Waals surface area contributed by atoms with Gasteiger partial charge in [-0.1, -0.05) is 55.8 Å². The molecule has 28 heavy (non-hydrogen) atoms. The molecule has 6 heteroatoms. The predicted molar refractivity (Wildman–Crippen MR) is 102 cm³/mol. The summed E-state index contributed by atoms with van der Waals surface area (Å²) in [6.07, 6.45) is 1.60. The summed E-state index contributed by atoms with van der Waals surface area (Å²) < 4.78 is 39.8. The van der Waals surface area contributed by atoms with Crippen LogP contribution in [0.1, 0.15) is 44.6 Å². The minimum atomic E-state index is -3.14. The van der Waals surface area contributed by atoms with Crippen molar-refractivity contribution in [3.63, 3.8) is 0 Å². The Morgan fingerprint density at radius 1 is 1.29 bits per heavy atom. The lowest BCUT2D eigenvalue weighted by atomic mass is 9.90. The average Bonchev–Trinajstić information content (AvgIpc) is 3.19. The average molecular weight is 396 g/mol. The van der Waals surface area contributed by atoms with Crippen LogP contribution < -0.4 is 0 Å². The van der Waals surface area contributed by atoms with Gasteiger partial charge in [0.1, 0.15) is 6.10 Å². The van der Waals surface area contributed by atoms with E-state index in [0.29, 0.717) is 32.3 Å². The number of alkyl halides is 2. The Labute approximate surface area is 165 Å². The van der Waals surface area contributed by atoms with Gasteiger partial charge in [0, 0.05) is 25.2 Å². The fourth-order valence-electron chi connectivity index (χ4n) is 4.20. The summed E-state index contributed by atoms with van der Waals surface area (Å²) in [5.41, 5.74) is 1.04. The second-order valence-electron chi connectivity index (χ2n) is 7.87. The fraction of sp³-hybridized carbons (Fsp3) is 0.636. The molecule has 2 fully saturated rings. The molecule has 1 saturated carbocycles. The molecule has 2 N–H and O–H groups in total. The minimum absolute atomic E-state index is 0.00323. The van der Waals surface area contributed by atoms with E-state index in [0.717, 1.165) is 5.56 Å². The van der Waals surface area contributed by atoms with Crippen molar-refractivity contribution < 1.29 is 28.5 Å². The van der Waals surface area contributed by atoms with Gasteiger partial charge in [0.2, 0.25) is 0 Å². The molecule has 0 radical (unpaired) electrons. The highest BCUT2D eigenvalue weighted by atomic mass is 19.3. The molecule has 6 atom stereocenters. The standard InChI is InChI=1S/C22H30F2O4/c1-2-3-11-22(23,24)20(25)10-9-16-17-12-21(26)28-19(17)13-18(16)27-14-15-7-5-4-6-8-15/h4-10,16-21,25-26H,2-3,11-14H2,1H3/t16-,17-,18-,19+,20?,21?/m1/s1. The molecule has 0 spiro atoms. The number of rotatable bonds is 9. The van der Waals surface area contributed by atoms with Gasteiger partial charge >= 0.3 is 0 Å². The normalized spacial score (nSPS) is 31.4. The van der Waals surface area contributed by atoms with Crippen LogP contribution in [0.4, 0.5) is 8.78 Å². The molecule has 1 aliphatic heterocycles. The van der Waals surface area contributed by atoms with Gasteiger partial charge in [-0.05, 0) is 17.9 Å². The zero-order valence-electron chi connectivity index (χ0n) is 16.2. The van der Waals surface area contributed by atoms with E-state index >= 15 is 0 Å². The Hall–Kier alpha value is -1.34. The van der Waals surface area contributed by atoms with Crippen LogP contribution >= 0.6 is 0 Å². The van der Waals surface area contributed by atoms with Gasteiger partial charge in [0.25, 0.3) is 5.92 Å². The Balaban J connectivity index is 1.66. The topological polar surface area (TPSA) is 58.9 Å². The van der Waals surface area contributed by atoms with Crippen LogP contribution in [0.15, 0.2) is 42.5 Å². The highest BCUT2D eigenvalue weighted by molar-refractivity contribution is 5.14. The van der Waals surface area contributed by atoms with Gasteiger partial charge in [0.15, 0.2) is 6.29 Å². The molecule has 4 nitrogen and oxygen atoms in total. The van der Waals surface area contributed by atoms with Crippen LogP contribution in [0, 0.1) is 11.8 Å². The van der Waals surface area contributed by atoms with Crippen molar-refractivity contribution in [2.75, 3.05) is 0 Å². The van der Waals surface area contributed by atoms with E-state index in [2.05, 4.69) is 0 Å².